The zero-order valence-corrected chi connectivity index (χ0v) is 12.7. The fourth-order valence-corrected chi connectivity index (χ4v) is 2.11. The average Bonchev–Trinajstić information content (AvgIpc) is 2.40. The van der Waals surface area contributed by atoms with Crippen molar-refractivity contribution >= 4 is 33.0 Å². The lowest BCUT2D eigenvalue weighted by Crippen LogP contribution is -1.99. The quantitative estimate of drug-likeness (QED) is 0.776. The van der Waals surface area contributed by atoms with Crippen LogP contribution in [0.3, 0.4) is 0 Å². The van der Waals surface area contributed by atoms with E-state index in [4.69, 9.17) is 10.5 Å². The minimum atomic E-state index is -0.327. The van der Waals surface area contributed by atoms with Crippen molar-refractivity contribution in [2.75, 3.05) is 17.7 Å². The minimum absolute atomic E-state index is 0.327. The number of ether oxygens (including phenoxy) is 1. The molecule has 106 valence electrons. The molecule has 0 saturated carbocycles. The van der Waals surface area contributed by atoms with Gasteiger partial charge in [0.1, 0.15) is 11.6 Å². The third kappa shape index (κ3) is 3.87. The molecule has 0 radical (unpaired) electrons. The van der Waals surface area contributed by atoms with Gasteiger partial charge in [-0.25, -0.2) is 4.39 Å². The largest absolute Gasteiger partial charge is 0.493 e. The Morgan fingerprint density at radius 2 is 2.05 bits per heavy atom. The summed E-state index contributed by atoms with van der Waals surface area (Å²) in [5, 5.41) is 3.01. The van der Waals surface area contributed by atoms with Gasteiger partial charge in [-0.2, -0.15) is 0 Å². The Morgan fingerprint density at radius 1 is 1.25 bits per heavy atom. The molecule has 3 N–H and O–H groups in total. The van der Waals surface area contributed by atoms with E-state index in [1.807, 2.05) is 6.92 Å². The second-order valence-corrected chi connectivity index (χ2v) is 5.30. The number of benzene rings is 2. The third-order valence-electron chi connectivity index (χ3n) is 2.61. The Hall–Kier alpha value is -1.75. The highest BCUT2D eigenvalue weighted by Gasteiger charge is 2.05. The molecule has 0 atom stereocenters. The number of nitrogens with one attached hydrogen (secondary N) is 1. The van der Waals surface area contributed by atoms with Gasteiger partial charge in [-0.1, -0.05) is 22.9 Å². The molecular weight excluding hydrogens is 323 g/mol. The lowest BCUT2D eigenvalue weighted by atomic mass is 10.2. The van der Waals surface area contributed by atoms with E-state index in [2.05, 4.69) is 21.2 Å². The van der Waals surface area contributed by atoms with Gasteiger partial charge in [-0.15, -0.1) is 0 Å². The smallest absolute Gasteiger partial charge is 0.146 e. The lowest BCUT2D eigenvalue weighted by Gasteiger charge is -2.12. The summed E-state index contributed by atoms with van der Waals surface area (Å²) in [7, 11) is 0. The van der Waals surface area contributed by atoms with Crippen LogP contribution in [0, 0.1) is 5.82 Å². The second-order valence-electron chi connectivity index (χ2n) is 4.39. The summed E-state index contributed by atoms with van der Waals surface area (Å²) in [6.07, 6.45) is 0.915. The first-order valence-electron chi connectivity index (χ1n) is 6.34. The Kier molecular flexibility index (Phi) is 4.84. The zero-order valence-electron chi connectivity index (χ0n) is 11.1. The predicted molar refractivity (Wildman–Crippen MR) is 84.0 cm³/mol. The normalized spacial score (nSPS) is 10.3. The Morgan fingerprint density at radius 3 is 2.80 bits per heavy atom. The summed E-state index contributed by atoms with van der Waals surface area (Å²) in [6.45, 7) is 2.65. The fourth-order valence-electron chi connectivity index (χ4n) is 1.75. The first kappa shape index (κ1) is 14.7. The van der Waals surface area contributed by atoms with Crippen LogP contribution in [0.25, 0.3) is 0 Å². The Balaban J connectivity index is 2.24. The first-order valence-corrected chi connectivity index (χ1v) is 7.13. The van der Waals surface area contributed by atoms with Gasteiger partial charge in [0, 0.05) is 28.0 Å². The van der Waals surface area contributed by atoms with E-state index in [0.29, 0.717) is 29.4 Å². The molecule has 2 rings (SSSR count). The molecule has 5 heteroatoms. The molecule has 0 aromatic heterocycles. The van der Waals surface area contributed by atoms with E-state index < -0.39 is 0 Å². The van der Waals surface area contributed by atoms with E-state index in [1.54, 1.807) is 30.3 Å². The van der Waals surface area contributed by atoms with Crippen LogP contribution in [-0.4, -0.2) is 6.61 Å². The monoisotopic (exact) mass is 338 g/mol. The molecule has 0 fully saturated rings. The first-order chi connectivity index (χ1) is 9.58. The third-order valence-corrected chi connectivity index (χ3v) is 3.10. The maximum Gasteiger partial charge on any atom is 0.146 e. The summed E-state index contributed by atoms with van der Waals surface area (Å²) in [4.78, 5) is 0. The van der Waals surface area contributed by atoms with E-state index >= 15 is 0 Å². The summed E-state index contributed by atoms with van der Waals surface area (Å²) < 4.78 is 20.1. The van der Waals surface area contributed by atoms with Crippen LogP contribution in [0.4, 0.5) is 21.5 Å². The van der Waals surface area contributed by atoms with Crippen molar-refractivity contribution in [3.8, 4) is 5.75 Å². The molecule has 2 aromatic carbocycles. The van der Waals surface area contributed by atoms with Crippen molar-refractivity contribution in [3.05, 3.63) is 46.7 Å². The molecule has 0 spiro atoms. The second kappa shape index (κ2) is 6.61. The number of halogens is 2. The highest BCUT2D eigenvalue weighted by atomic mass is 79.9. The number of hydrogen-bond donors (Lipinski definition) is 2. The van der Waals surface area contributed by atoms with Crippen LogP contribution in [0.5, 0.6) is 5.75 Å². The van der Waals surface area contributed by atoms with Crippen molar-refractivity contribution in [3.63, 3.8) is 0 Å². The van der Waals surface area contributed by atoms with Gasteiger partial charge in [0.2, 0.25) is 0 Å². The molecule has 0 aliphatic carbocycles. The van der Waals surface area contributed by atoms with Crippen LogP contribution in [0.2, 0.25) is 0 Å². The maximum absolute atomic E-state index is 13.7. The molecule has 0 heterocycles. The van der Waals surface area contributed by atoms with Crippen molar-refractivity contribution in [2.45, 2.75) is 13.3 Å². The fraction of sp³-hybridized carbons (Fsp3) is 0.200. The predicted octanol–water partition coefficient (Wildman–Crippen LogP) is 4.70. The van der Waals surface area contributed by atoms with Gasteiger partial charge in [0.05, 0.1) is 12.3 Å². The van der Waals surface area contributed by atoms with E-state index in [9.17, 15) is 4.39 Å². The molecule has 3 nitrogen and oxygen atoms in total. The molecule has 2 aromatic rings. The number of nitrogen functional groups attached to an aromatic ring is 1. The van der Waals surface area contributed by atoms with Crippen LogP contribution in [0.15, 0.2) is 40.9 Å². The van der Waals surface area contributed by atoms with Gasteiger partial charge in [-0.05, 0) is 30.7 Å². The van der Waals surface area contributed by atoms with Gasteiger partial charge in [-0.3, -0.25) is 0 Å². The van der Waals surface area contributed by atoms with Gasteiger partial charge < -0.3 is 15.8 Å². The summed E-state index contributed by atoms with van der Waals surface area (Å²) in [6, 6.07) is 10.00. The highest BCUT2D eigenvalue weighted by molar-refractivity contribution is 9.10. The molecule has 0 amide bonds. The van der Waals surface area contributed by atoms with Crippen molar-refractivity contribution in [2.24, 2.45) is 0 Å². The SMILES string of the molecule is CCCOc1cc(N)cc(Nc2cc(Br)ccc2F)c1. The molecular formula is C15H16BrFN2O. The minimum Gasteiger partial charge on any atom is -0.493 e. The average molecular weight is 339 g/mol. The standard InChI is InChI=1S/C15H16BrFN2O/c1-2-5-20-13-8-11(18)7-12(9-13)19-15-6-10(16)3-4-14(15)17/h3-4,6-9,19H,2,5,18H2,1H3. The van der Waals surface area contributed by atoms with Gasteiger partial charge in [0.25, 0.3) is 0 Å². The maximum atomic E-state index is 13.7. The number of nitrogens with two attached hydrogens (primary N) is 1. The number of hydrogen-bond acceptors (Lipinski definition) is 3. The molecule has 0 unspecified atom stereocenters. The van der Waals surface area contributed by atoms with Crippen LogP contribution in [-0.2, 0) is 0 Å². The van der Waals surface area contributed by atoms with E-state index in [0.717, 1.165) is 10.9 Å². The zero-order chi connectivity index (χ0) is 14.5. The van der Waals surface area contributed by atoms with Crippen LogP contribution < -0.4 is 15.8 Å². The van der Waals surface area contributed by atoms with Gasteiger partial charge >= 0.3 is 0 Å². The summed E-state index contributed by atoms with van der Waals surface area (Å²) in [5.74, 6) is 0.344. The molecule has 0 aliphatic rings. The highest BCUT2D eigenvalue weighted by Crippen LogP contribution is 2.28. The van der Waals surface area contributed by atoms with Crippen molar-refractivity contribution < 1.29 is 9.13 Å². The van der Waals surface area contributed by atoms with Gasteiger partial charge in [0.15, 0.2) is 0 Å². The number of rotatable bonds is 5. The molecule has 0 bridgehead atoms. The lowest BCUT2D eigenvalue weighted by molar-refractivity contribution is 0.318. The van der Waals surface area contributed by atoms with Crippen molar-refractivity contribution in [1.29, 1.82) is 0 Å². The summed E-state index contributed by atoms with van der Waals surface area (Å²) in [5.41, 5.74) is 7.46. The molecule has 0 saturated heterocycles. The van der Waals surface area contributed by atoms with E-state index in [-0.39, 0.29) is 5.82 Å². The van der Waals surface area contributed by atoms with E-state index in [1.165, 1.54) is 6.07 Å². The van der Waals surface area contributed by atoms with Crippen LogP contribution >= 0.6 is 15.9 Å². The van der Waals surface area contributed by atoms with Crippen LogP contribution in [0.1, 0.15) is 13.3 Å². The Bertz CT molecular complexity index is 604. The van der Waals surface area contributed by atoms with Crippen molar-refractivity contribution in [1.82, 2.24) is 0 Å². The topological polar surface area (TPSA) is 47.3 Å². The number of anilines is 3. The summed E-state index contributed by atoms with van der Waals surface area (Å²) >= 11 is 3.32. The molecule has 0 aliphatic heterocycles. The Labute approximate surface area is 126 Å². The molecule has 20 heavy (non-hydrogen) atoms.